The summed E-state index contributed by atoms with van der Waals surface area (Å²) in [5, 5.41) is 3.05. The first-order valence-corrected chi connectivity index (χ1v) is 12.8. The molecule has 2 amide bonds. The van der Waals surface area contributed by atoms with Crippen LogP contribution in [0.5, 0.6) is 5.75 Å². The standard InChI is InChI=1S/C22H31N3O5S/c26-21(23-16-7-3-1-2-4-8-16)14-25-19-12-11-18(13-20(19)30-15-22(25)27)31(28,29)24-17-9-5-6-10-17/h11-13,16-17,24H,1-10,14-15H2,(H,23,26). The lowest BCUT2D eigenvalue weighted by Crippen LogP contribution is -2.47. The number of benzene rings is 1. The van der Waals surface area contributed by atoms with Crippen molar-refractivity contribution < 1.29 is 22.7 Å². The summed E-state index contributed by atoms with van der Waals surface area (Å²) in [5.41, 5.74) is 0.423. The number of anilines is 1. The van der Waals surface area contributed by atoms with E-state index in [9.17, 15) is 18.0 Å². The number of sulfonamides is 1. The number of fused-ring (bicyclic) bond motifs is 1. The van der Waals surface area contributed by atoms with Crippen LogP contribution in [0.1, 0.15) is 64.2 Å². The number of carbonyl (C=O) groups is 2. The molecule has 31 heavy (non-hydrogen) atoms. The Bertz CT molecular complexity index is 919. The van der Waals surface area contributed by atoms with Gasteiger partial charge in [0, 0.05) is 18.2 Å². The van der Waals surface area contributed by atoms with Crippen LogP contribution in [-0.4, -0.2) is 45.5 Å². The number of carbonyl (C=O) groups excluding carboxylic acids is 2. The Morgan fingerprint density at radius 1 is 1.00 bits per heavy atom. The number of nitrogens with one attached hydrogen (secondary N) is 2. The lowest BCUT2D eigenvalue weighted by Gasteiger charge is -2.30. The zero-order valence-electron chi connectivity index (χ0n) is 17.8. The molecule has 0 atom stereocenters. The fraction of sp³-hybridized carbons (Fsp3) is 0.636. The highest BCUT2D eigenvalue weighted by atomic mass is 32.2. The Labute approximate surface area is 183 Å². The van der Waals surface area contributed by atoms with Gasteiger partial charge >= 0.3 is 0 Å². The Morgan fingerprint density at radius 3 is 2.35 bits per heavy atom. The average molecular weight is 450 g/mol. The van der Waals surface area contributed by atoms with Gasteiger partial charge in [0.05, 0.1) is 10.6 Å². The highest BCUT2D eigenvalue weighted by Gasteiger charge is 2.30. The zero-order valence-corrected chi connectivity index (χ0v) is 18.6. The van der Waals surface area contributed by atoms with Gasteiger partial charge in [-0.25, -0.2) is 13.1 Å². The van der Waals surface area contributed by atoms with Gasteiger partial charge in [-0.05, 0) is 37.8 Å². The second-order valence-corrected chi connectivity index (χ2v) is 10.5. The molecule has 2 fully saturated rings. The molecule has 4 rings (SSSR count). The Morgan fingerprint density at radius 2 is 1.65 bits per heavy atom. The van der Waals surface area contributed by atoms with E-state index >= 15 is 0 Å². The number of hydrogen-bond donors (Lipinski definition) is 2. The Kier molecular flexibility index (Phi) is 6.81. The van der Waals surface area contributed by atoms with Crippen LogP contribution in [0, 0.1) is 0 Å². The minimum Gasteiger partial charge on any atom is -0.482 e. The molecule has 2 saturated carbocycles. The summed E-state index contributed by atoms with van der Waals surface area (Å²) in [6.45, 7) is -0.318. The normalized spacial score (nSPS) is 20.8. The van der Waals surface area contributed by atoms with E-state index in [2.05, 4.69) is 10.0 Å². The molecule has 2 aliphatic carbocycles. The first kappa shape index (κ1) is 22.1. The second-order valence-electron chi connectivity index (χ2n) is 8.76. The SMILES string of the molecule is O=C(CN1C(=O)COc2cc(S(=O)(=O)NC3CCCC3)ccc21)NC1CCCCCC1. The van der Waals surface area contributed by atoms with Crippen LogP contribution >= 0.6 is 0 Å². The first-order chi connectivity index (χ1) is 14.9. The largest absolute Gasteiger partial charge is 0.482 e. The monoisotopic (exact) mass is 449 g/mol. The van der Waals surface area contributed by atoms with Gasteiger partial charge in [0.25, 0.3) is 5.91 Å². The van der Waals surface area contributed by atoms with Crippen molar-refractivity contribution in [3.63, 3.8) is 0 Å². The summed E-state index contributed by atoms with van der Waals surface area (Å²) in [6.07, 6.45) is 10.3. The third-order valence-electron chi connectivity index (χ3n) is 6.38. The summed E-state index contributed by atoms with van der Waals surface area (Å²) < 4.78 is 33.7. The molecule has 0 spiro atoms. The third kappa shape index (κ3) is 5.38. The van der Waals surface area contributed by atoms with E-state index in [1.165, 1.54) is 29.9 Å². The molecule has 3 aliphatic rings. The smallest absolute Gasteiger partial charge is 0.265 e. The van der Waals surface area contributed by atoms with Crippen molar-refractivity contribution in [2.45, 2.75) is 81.2 Å². The van der Waals surface area contributed by atoms with Crippen LogP contribution in [0.4, 0.5) is 5.69 Å². The lowest BCUT2D eigenvalue weighted by molar-refractivity contribution is -0.125. The van der Waals surface area contributed by atoms with Gasteiger partial charge in [0.1, 0.15) is 12.3 Å². The van der Waals surface area contributed by atoms with Crippen LogP contribution in [-0.2, 0) is 19.6 Å². The van der Waals surface area contributed by atoms with E-state index in [1.54, 1.807) is 6.07 Å². The summed E-state index contributed by atoms with van der Waals surface area (Å²) in [4.78, 5) is 26.5. The van der Waals surface area contributed by atoms with Gasteiger partial charge < -0.3 is 10.1 Å². The third-order valence-corrected chi connectivity index (χ3v) is 7.90. The molecule has 0 unspecified atom stereocenters. The van der Waals surface area contributed by atoms with E-state index in [-0.39, 0.29) is 41.9 Å². The molecule has 1 heterocycles. The molecule has 8 nitrogen and oxygen atoms in total. The maximum absolute atomic E-state index is 12.7. The molecule has 9 heteroatoms. The predicted octanol–water partition coefficient (Wildman–Crippen LogP) is 2.47. The molecule has 1 aliphatic heterocycles. The quantitative estimate of drug-likeness (QED) is 0.649. The van der Waals surface area contributed by atoms with Crippen LogP contribution in [0.15, 0.2) is 23.1 Å². The fourth-order valence-electron chi connectivity index (χ4n) is 4.70. The number of ether oxygens (including phenoxy) is 1. The van der Waals surface area contributed by atoms with Gasteiger partial charge in [-0.2, -0.15) is 0 Å². The number of hydrogen-bond acceptors (Lipinski definition) is 5. The molecule has 0 aromatic heterocycles. The van der Waals surface area contributed by atoms with Crippen LogP contribution in [0.25, 0.3) is 0 Å². The number of rotatable bonds is 6. The van der Waals surface area contributed by atoms with Crippen LogP contribution < -0.4 is 19.7 Å². The zero-order chi connectivity index (χ0) is 21.8. The minimum absolute atomic E-state index is 0.0345. The van der Waals surface area contributed by atoms with E-state index in [0.717, 1.165) is 51.4 Å². The van der Waals surface area contributed by atoms with Crippen molar-refractivity contribution in [1.29, 1.82) is 0 Å². The molecule has 170 valence electrons. The molecule has 1 aromatic rings. The maximum atomic E-state index is 12.7. The summed E-state index contributed by atoms with van der Waals surface area (Å²) in [6, 6.07) is 4.57. The van der Waals surface area contributed by atoms with Gasteiger partial charge in [0.15, 0.2) is 6.61 Å². The minimum atomic E-state index is -3.67. The van der Waals surface area contributed by atoms with Crippen molar-refractivity contribution in [3.05, 3.63) is 18.2 Å². The van der Waals surface area contributed by atoms with Gasteiger partial charge in [-0.15, -0.1) is 0 Å². The Balaban J connectivity index is 1.46. The van der Waals surface area contributed by atoms with E-state index in [4.69, 9.17) is 4.74 Å². The summed E-state index contributed by atoms with van der Waals surface area (Å²) in [5.74, 6) is -0.216. The summed E-state index contributed by atoms with van der Waals surface area (Å²) in [7, 11) is -3.67. The van der Waals surface area contributed by atoms with Crippen molar-refractivity contribution in [2.24, 2.45) is 0 Å². The van der Waals surface area contributed by atoms with E-state index in [1.807, 2.05) is 0 Å². The predicted molar refractivity (Wildman–Crippen MR) is 117 cm³/mol. The molecular weight excluding hydrogens is 418 g/mol. The number of amides is 2. The highest BCUT2D eigenvalue weighted by Crippen LogP contribution is 2.34. The van der Waals surface area contributed by atoms with Crippen molar-refractivity contribution >= 4 is 27.5 Å². The van der Waals surface area contributed by atoms with Crippen LogP contribution in [0.2, 0.25) is 0 Å². The maximum Gasteiger partial charge on any atom is 0.265 e. The fourth-order valence-corrected chi connectivity index (χ4v) is 6.02. The van der Waals surface area contributed by atoms with Gasteiger partial charge in [-0.1, -0.05) is 38.5 Å². The lowest BCUT2D eigenvalue weighted by atomic mass is 10.1. The first-order valence-electron chi connectivity index (χ1n) is 11.3. The average Bonchev–Trinajstić information content (AvgIpc) is 3.11. The highest BCUT2D eigenvalue weighted by molar-refractivity contribution is 7.89. The summed E-state index contributed by atoms with van der Waals surface area (Å²) >= 11 is 0. The number of nitrogens with zero attached hydrogens (tertiary/aromatic N) is 1. The second kappa shape index (κ2) is 9.56. The Hall–Kier alpha value is -2.13. The van der Waals surface area contributed by atoms with Crippen molar-refractivity contribution in [1.82, 2.24) is 10.0 Å². The van der Waals surface area contributed by atoms with E-state index in [0.29, 0.717) is 11.4 Å². The van der Waals surface area contributed by atoms with E-state index < -0.39 is 10.0 Å². The molecular formula is C22H31N3O5S. The molecule has 0 bridgehead atoms. The van der Waals surface area contributed by atoms with Crippen molar-refractivity contribution in [2.75, 3.05) is 18.1 Å². The topological polar surface area (TPSA) is 105 Å². The molecule has 2 N–H and O–H groups in total. The van der Waals surface area contributed by atoms with Crippen molar-refractivity contribution in [3.8, 4) is 5.75 Å². The molecule has 0 radical (unpaired) electrons. The van der Waals surface area contributed by atoms with Gasteiger partial charge in [-0.3, -0.25) is 14.5 Å². The van der Waals surface area contributed by atoms with Gasteiger partial charge in [0.2, 0.25) is 15.9 Å². The van der Waals surface area contributed by atoms with Crippen LogP contribution in [0.3, 0.4) is 0 Å². The molecule has 0 saturated heterocycles. The molecule has 1 aromatic carbocycles.